The summed E-state index contributed by atoms with van der Waals surface area (Å²) in [5, 5.41) is 2.84. The Balaban J connectivity index is 2.05. The number of hydrogen-bond donors (Lipinski definition) is 1. The van der Waals surface area contributed by atoms with E-state index in [1.807, 2.05) is 19.9 Å². The minimum atomic E-state index is -4.26. The molecule has 0 unspecified atom stereocenters. The third-order valence-corrected chi connectivity index (χ3v) is 8.12. The van der Waals surface area contributed by atoms with Crippen molar-refractivity contribution in [1.82, 2.24) is 10.2 Å². The first-order chi connectivity index (χ1) is 19.5. The van der Waals surface area contributed by atoms with Gasteiger partial charge in [0.1, 0.15) is 18.3 Å². The number of anilines is 1. The fraction of sp³-hybridized carbons (Fsp3) is 0.333. The van der Waals surface area contributed by atoms with E-state index in [2.05, 4.69) is 5.32 Å². The van der Waals surface area contributed by atoms with Gasteiger partial charge in [-0.3, -0.25) is 13.9 Å². The molecule has 220 valence electrons. The molecule has 1 N–H and O–H groups in total. The van der Waals surface area contributed by atoms with E-state index in [1.54, 1.807) is 55.5 Å². The molecule has 1 atom stereocenters. The summed E-state index contributed by atoms with van der Waals surface area (Å²) < 4.78 is 44.9. The third kappa shape index (κ3) is 7.69. The van der Waals surface area contributed by atoms with Gasteiger partial charge in [-0.05, 0) is 62.7 Å². The SMILES string of the molecule is COc1cccc(CN(C(=O)CN(c2ccccc2)S(=O)(=O)c2ccc(OC)c(OC)c2)[C@@H](C)C(=O)NC(C)C)c1. The molecule has 0 bridgehead atoms. The molecule has 3 aromatic rings. The Labute approximate surface area is 241 Å². The van der Waals surface area contributed by atoms with Crippen molar-refractivity contribution in [2.75, 3.05) is 32.2 Å². The van der Waals surface area contributed by atoms with Gasteiger partial charge < -0.3 is 24.4 Å². The Morgan fingerprint density at radius 1 is 0.829 bits per heavy atom. The van der Waals surface area contributed by atoms with Crippen LogP contribution in [0.2, 0.25) is 0 Å². The Morgan fingerprint density at radius 2 is 1.51 bits per heavy atom. The standard InChI is InChI=1S/C30H37N3O7S/c1-21(2)31-30(35)22(3)32(19-23-11-10-14-25(17-23)38-4)29(34)20-33(24-12-8-7-9-13-24)41(36,37)26-15-16-27(39-5)28(18-26)40-6/h7-18,21-22H,19-20H2,1-6H3,(H,31,35)/t22-/m0/s1. The average molecular weight is 584 g/mol. The fourth-order valence-corrected chi connectivity index (χ4v) is 5.61. The highest BCUT2D eigenvalue weighted by molar-refractivity contribution is 7.92. The minimum Gasteiger partial charge on any atom is -0.497 e. The molecule has 0 saturated carbocycles. The van der Waals surface area contributed by atoms with Crippen molar-refractivity contribution >= 4 is 27.5 Å². The van der Waals surface area contributed by atoms with Gasteiger partial charge in [-0.2, -0.15) is 0 Å². The highest BCUT2D eigenvalue weighted by Crippen LogP contribution is 2.32. The molecule has 10 nitrogen and oxygen atoms in total. The molecule has 11 heteroatoms. The highest BCUT2D eigenvalue weighted by Gasteiger charge is 2.33. The van der Waals surface area contributed by atoms with E-state index in [9.17, 15) is 18.0 Å². The van der Waals surface area contributed by atoms with E-state index in [0.29, 0.717) is 11.5 Å². The maximum absolute atomic E-state index is 14.0. The molecule has 3 aromatic carbocycles. The van der Waals surface area contributed by atoms with E-state index in [0.717, 1.165) is 9.87 Å². The maximum atomic E-state index is 14.0. The number of carbonyl (C=O) groups is 2. The Morgan fingerprint density at radius 3 is 2.12 bits per heavy atom. The second-order valence-corrected chi connectivity index (χ2v) is 11.4. The van der Waals surface area contributed by atoms with Crippen molar-refractivity contribution in [2.24, 2.45) is 0 Å². The summed E-state index contributed by atoms with van der Waals surface area (Å²) in [5.41, 5.74) is 1.01. The molecular formula is C30H37N3O7S. The molecule has 0 aliphatic carbocycles. The number of ether oxygens (including phenoxy) is 3. The summed E-state index contributed by atoms with van der Waals surface area (Å²) in [6.45, 7) is 4.77. The molecule has 0 saturated heterocycles. The smallest absolute Gasteiger partial charge is 0.264 e. The summed E-state index contributed by atoms with van der Waals surface area (Å²) in [5.74, 6) is 0.267. The van der Waals surface area contributed by atoms with Crippen molar-refractivity contribution in [3.05, 3.63) is 78.4 Å². The first-order valence-corrected chi connectivity index (χ1v) is 14.5. The normalized spacial score (nSPS) is 11.9. The summed E-state index contributed by atoms with van der Waals surface area (Å²) in [6, 6.07) is 18.7. The van der Waals surface area contributed by atoms with Crippen LogP contribution in [0.5, 0.6) is 17.2 Å². The van der Waals surface area contributed by atoms with Gasteiger partial charge in [0.15, 0.2) is 11.5 Å². The summed E-state index contributed by atoms with van der Waals surface area (Å²) in [4.78, 5) is 28.3. The van der Waals surface area contributed by atoms with E-state index in [1.165, 1.54) is 44.4 Å². The fourth-order valence-electron chi connectivity index (χ4n) is 4.18. The van der Waals surface area contributed by atoms with Crippen molar-refractivity contribution in [3.8, 4) is 17.2 Å². The van der Waals surface area contributed by atoms with E-state index in [-0.39, 0.29) is 34.8 Å². The number of benzene rings is 3. The highest BCUT2D eigenvalue weighted by atomic mass is 32.2. The van der Waals surface area contributed by atoms with Gasteiger partial charge in [0, 0.05) is 18.7 Å². The lowest BCUT2D eigenvalue weighted by molar-refractivity contribution is -0.139. The number of rotatable bonds is 13. The van der Waals surface area contributed by atoms with E-state index < -0.39 is 28.5 Å². The molecule has 0 fully saturated rings. The zero-order chi connectivity index (χ0) is 30.2. The molecule has 0 heterocycles. The number of methoxy groups -OCH3 is 3. The second-order valence-electron chi connectivity index (χ2n) is 9.58. The van der Waals surface area contributed by atoms with Gasteiger partial charge in [-0.15, -0.1) is 0 Å². The zero-order valence-electron chi connectivity index (χ0n) is 24.2. The van der Waals surface area contributed by atoms with Crippen LogP contribution < -0.4 is 23.8 Å². The second kappa shape index (κ2) is 13.9. The third-order valence-electron chi connectivity index (χ3n) is 6.35. The van der Waals surface area contributed by atoms with Crippen LogP contribution >= 0.6 is 0 Å². The molecule has 41 heavy (non-hydrogen) atoms. The first-order valence-electron chi connectivity index (χ1n) is 13.0. The number of nitrogens with zero attached hydrogens (tertiary/aromatic N) is 2. The number of amides is 2. The van der Waals surface area contributed by atoms with Crippen LogP contribution in [-0.4, -0.2) is 65.1 Å². The van der Waals surface area contributed by atoms with Gasteiger partial charge in [0.05, 0.1) is 31.9 Å². The molecule has 0 aliphatic rings. The van der Waals surface area contributed by atoms with E-state index >= 15 is 0 Å². The predicted octanol–water partition coefficient (Wildman–Crippen LogP) is 3.85. The van der Waals surface area contributed by atoms with Crippen molar-refractivity contribution < 1.29 is 32.2 Å². The van der Waals surface area contributed by atoms with Gasteiger partial charge in [0.2, 0.25) is 11.8 Å². The monoisotopic (exact) mass is 583 g/mol. The lowest BCUT2D eigenvalue weighted by Gasteiger charge is -2.32. The van der Waals surface area contributed by atoms with Gasteiger partial charge >= 0.3 is 0 Å². The van der Waals surface area contributed by atoms with Crippen LogP contribution in [0.1, 0.15) is 26.3 Å². The Bertz CT molecular complexity index is 1450. The molecule has 0 aliphatic heterocycles. The van der Waals surface area contributed by atoms with Gasteiger partial charge in [0.25, 0.3) is 10.0 Å². The zero-order valence-corrected chi connectivity index (χ0v) is 25.0. The van der Waals surface area contributed by atoms with Crippen LogP contribution in [0, 0.1) is 0 Å². The minimum absolute atomic E-state index is 0.0573. The van der Waals surface area contributed by atoms with E-state index in [4.69, 9.17) is 14.2 Å². The topological polar surface area (TPSA) is 114 Å². The quantitative estimate of drug-likeness (QED) is 0.325. The largest absolute Gasteiger partial charge is 0.497 e. The van der Waals surface area contributed by atoms with Crippen molar-refractivity contribution in [3.63, 3.8) is 0 Å². The number of sulfonamides is 1. The summed E-state index contributed by atoms with van der Waals surface area (Å²) >= 11 is 0. The molecule has 3 rings (SSSR count). The maximum Gasteiger partial charge on any atom is 0.264 e. The lowest BCUT2D eigenvalue weighted by atomic mass is 10.1. The van der Waals surface area contributed by atoms with Crippen LogP contribution in [0.3, 0.4) is 0 Å². The van der Waals surface area contributed by atoms with Crippen LogP contribution in [0.4, 0.5) is 5.69 Å². The molecule has 0 aromatic heterocycles. The van der Waals surface area contributed by atoms with Gasteiger partial charge in [-0.1, -0.05) is 30.3 Å². The van der Waals surface area contributed by atoms with Crippen molar-refractivity contribution in [1.29, 1.82) is 0 Å². The first kappa shape index (κ1) is 31.3. The molecule has 0 radical (unpaired) electrons. The predicted molar refractivity (Wildman–Crippen MR) is 157 cm³/mol. The van der Waals surface area contributed by atoms with Crippen molar-refractivity contribution in [2.45, 2.75) is 44.3 Å². The Kier molecular flexibility index (Phi) is 10.6. The number of nitrogens with one attached hydrogen (secondary N) is 1. The van der Waals surface area contributed by atoms with Gasteiger partial charge in [-0.25, -0.2) is 8.42 Å². The number of para-hydroxylation sites is 1. The number of carbonyl (C=O) groups excluding carboxylic acids is 2. The number of hydrogen-bond acceptors (Lipinski definition) is 7. The average Bonchev–Trinajstić information content (AvgIpc) is 2.97. The summed E-state index contributed by atoms with van der Waals surface area (Å²) in [7, 11) is 0.143. The summed E-state index contributed by atoms with van der Waals surface area (Å²) in [6.07, 6.45) is 0. The Hall–Kier alpha value is -4.25. The molecule has 0 spiro atoms. The van der Waals surface area contributed by atoms with Crippen LogP contribution in [0.25, 0.3) is 0 Å². The lowest BCUT2D eigenvalue weighted by Crippen LogP contribution is -2.52. The van der Waals surface area contributed by atoms with Crippen LogP contribution in [-0.2, 0) is 26.2 Å². The molecule has 2 amide bonds. The van der Waals surface area contributed by atoms with Crippen LogP contribution in [0.15, 0.2) is 77.7 Å². The molecular weight excluding hydrogens is 546 g/mol.